The Kier molecular flexibility index (Phi) is 4.58. The number of aliphatic hydroxyl groups excluding tert-OH is 1. The lowest BCUT2D eigenvalue weighted by Gasteiger charge is -2.54. The van der Waals surface area contributed by atoms with Crippen LogP contribution in [0.3, 0.4) is 0 Å². The lowest BCUT2D eigenvalue weighted by Crippen LogP contribution is -2.75. The average Bonchev–Trinajstić information content (AvgIpc) is 3.44. The van der Waals surface area contributed by atoms with Crippen molar-refractivity contribution >= 4 is 23.5 Å². The molecule has 0 radical (unpaired) electrons. The van der Waals surface area contributed by atoms with Gasteiger partial charge in [0.15, 0.2) is 17.5 Å². The fourth-order valence-corrected chi connectivity index (χ4v) is 10.8. The molecule has 8 rings (SSSR count). The highest BCUT2D eigenvalue weighted by atomic mass is 16.7. The zero-order valence-corrected chi connectivity index (χ0v) is 23.7. The van der Waals surface area contributed by atoms with Gasteiger partial charge in [-0.05, 0) is 47.0 Å². The Hall–Kier alpha value is -1.96. The summed E-state index contributed by atoms with van der Waals surface area (Å²) in [4.78, 5) is 54.4. The van der Waals surface area contributed by atoms with E-state index >= 15 is 0 Å². The highest BCUT2D eigenvalue weighted by Gasteiger charge is 2.90. The molecule has 2 saturated carbocycles. The van der Waals surface area contributed by atoms with Crippen LogP contribution in [0.2, 0.25) is 0 Å². The van der Waals surface area contributed by atoms with Crippen LogP contribution >= 0.6 is 0 Å². The third kappa shape index (κ3) is 2.56. The minimum absolute atomic E-state index is 0.0218. The molecule has 2 bridgehead atoms. The summed E-state index contributed by atoms with van der Waals surface area (Å²) in [7, 11) is 0. The Morgan fingerprint density at radius 1 is 0.976 bits per heavy atom. The van der Waals surface area contributed by atoms with Gasteiger partial charge in [-0.2, -0.15) is 0 Å². The van der Waals surface area contributed by atoms with E-state index in [1.807, 2.05) is 13.8 Å². The van der Waals surface area contributed by atoms with E-state index in [0.29, 0.717) is 0 Å². The molecule has 0 amide bonds. The van der Waals surface area contributed by atoms with E-state index in [-0.39, 0.29) is 32.1 Å². The maximum absolute atomic E-state index is 14.8. The highest BCUT2D eigenvalue weighted by molar-refractivity contribution is 6.01. The van der Waals surface area contributed by atoms with Gasteiger partial charge < -0.3 is 39.0 Å². The van der Waals surface area contributed by atoms with Crippen LogP contribution < -0.4 is 0 Å². The van der Waals surface area contributed by atoms with Crippen molar-refractivity contribution in [2.45, 2.75) is 125 Å². The maximum atomic E-state index is 14.8. The summed E-state index contributed by atoms with van der Waals surface area (Å²) in [6.45, 7) is 8.05. The SMILES string of the molecule is CC1C(=O)OC2C1OC13OC4(CCC5(C)C(=O)C(C)(O)C2(O)C51)CC12OC(=O)CC1OC(C)(C)C2CC(O)C4C3=O. The number of esters is 2. The van der Waals surface area contributed by atoms with Gasteiger partial charge in [0.2, 0.25) is 11.6 Å². The van der Waals surface area contributed by atoms with Crippen molar-refractivity contribution in [2.75, 3.05) is 0 Å². The summed E-state index contributed by atoms with van der Waals surface area (Å²) >= 11 is 0. The third-order valence-corrected chi connectivity index (χ3v) is 12.5. The van der Waals surface area contributed by atoms with Gasteiger partial charge in [0.05, 0.1) is 41.5 Å². The van der Waals surface area contributed by atoms with E-state index in [4.69, 9.17) is 23.7 Å². The first-order valence-electron chi connectivity index (χ1n) is 14.6. The first-order valence-corrected chi connectivity index (χ1v) is 14.6. The van der Waals surface area contributed by atoms with Crippen LogP contribution in [0, 0.1) is 29.1 Å². The number of carbonyl (C=O) groups excluding carboxylic acids is 4. The first kappa shape index (κ1) is 26.7. The highest BCUT2D eigenvalue weighted by Crippen LogP contribution is 2.72. The average molecular weight is 577 g/mol. The van der Waals surface area contributed by atoms with Crippen LogP contribution in [0.15, 0.2) is 0 Å². The molecule has 12 nitrogen and oxygen atoms in total. The lowest BCUT2D eigenvalue weighted by atomic mass is 9.59. The summed E-state index contributed by atoms with van der Waals surface area (Å²) < 4.78 is 31.3. The van der Waals surface area contributed by atoms with E-state index in [2.05, 4.69) is 0 Å². The minimum atomic E-state index is -2.42. The molecule has 3 spiro atoms. The number of aliphatic hydroxyl groups is 3. The summed E-state index contributed by atoms with van der Waals surface area (Å²) in [6.07, 6.45) is -4.22. The zero-order chi connectivity index (χ0) is 29.5. The van der Waals surface area contributed by atoms with E-state index < -0.39 is 111 Å². The number of rotatable bonds is 0. The monoisotopic (exact) mass is 576 g/mol. The van der Waals surface area contributed by atoms with Crippen molar-refractivity contribution < 1.29 is 58.2 Å². The van der Waals surface area contributed by atoms with Gasteiger partial charge in [-0.1, -0.05) is 6.92 Å². The molecule has 8 aliphatic rings. The fraction of sp³-hybridized carbons (Fsp3) is 0.862. The van der Waals surface area contributed by atoms with Crippen molar-refractivity contribution in [3.63, 3.8) is 0 Å². The molecule has 0 aromatic heterocycles. The van der Waals surface area contributed by atoms with Gasteiger partial charge in [0, 0.05) is 17.8 Å². The number of Topliss-reactive ketones (excluding diaryl/α,β-unsaturated/α-hetero) is 2. The summed E-state index contributed by atoms with van der Waals surface area (Å²) in [5.74, 6) is -8.72. The molecule has 14 atom stereocenters. The zero-order valence-electron chi connectivity index (χ0n) is 23.7. The second-order valence-electron chi connectivity index (χ2n) is 14.9. The third-order valence-electron chi connectivity index (χ3n) is 12.5. The Morgan fingerprint density at radius 2 is 1.68 bits per heavy atom. The second-order valence-corrected chi connectivity index (χ2v) is 14.9. The van der Waals surface area contributed by atoms with E-state index in [1.165, 1.54) is 13.8 Å². The van der Waals surface area contributed by atoms with Crippen LogP contribution in [0.4, 0.5) is 0 Å². The molecule has 6 saturated heterocycles. The molecule has 0 aromatic carbocycles. The summed E-state index contributed by atoms with van der Waals surface area (Å²) in [5.41, 5.74) is -9.73. The molecular formula is C29H36O12. The minimum Gasteiger partial charge on any atom is -0.456 e. The molecule has 6 heterocycles. The first-order chi connectivity index (χ1) is 18.9. The standard InChI is InChI=1S/C29H36O12/c1-11-17-19(37-20(11)33)28(36)21-24(4,22(34)25(28,5)35)6-7-26-10-27-13(23(2,3)38-14(27)9-15(31)39-27)8-12(30)16(26)18(32)29(21,40-17)41-26/h11-14,16-17,19,21,30,35-36H,6-10H2,1-5H3. The number of fused-ring (bicyclic) bond motifs is 2. The van der Waals surface area contributed by atoms with Gasteiger partial charge in [0.25, 0.3) is 0 Å². The Balaban J connectivity index is 1.35. The molecule has 12 heteroatoms. The smallest absolute Gasteiger partial charge is 0.311 e. The van der Waals surface area contributed by atoms with Crippen LogP contribution in [0.5, 0.6) is 0 Å². The van der Waals surface area contributed by atoms with Crippen molar-refractivity contribution in [1.29, 1.82) is 0 Å². The Labute approximate surface area is 236 Å². The normalized spacial score (nSPS) is 61.3. The van der Waals surface area contributed by atoms with Gasteiger partial charge in [-0.15, -0.1) is 0 Å². The van der Waals surface area contributed by atoms with Crippen LogP contribution in [0.25, 0.3) is 0 Å². The Morgan fingerprint density at radius 3 is 2.39 bits per heavy atom. The Bertz CT molecular complexity index is 1340. The van der Waals surface area contributed by atoms with Crippen LogP contribution in [-0.4, -0.2) is 97.0 Å². The van der Waals surface area contributed by atoms with Gasteiger partial charge in [-0.25, -0.2) is 0 Å². The predicted molar refractivity (Wildman–Crippen MR) is 131 cm³/mol. The number of ketones is 2. The molecule has 0 aromatic rings. The van der Waals surface area contributed by atoms with E-state index in [1.54, 1.807) is 6.92 Å². The van der Waals surface area contributed by atoms with E-state index in [9.17, 15) is 34.5 Å². The number of hydrogen-bond donors (Lipinski definition) is 3. The topological polar surface area (TPSA) is 175 Å². The molecular weight excluding hydrogens is 540 g/mol. The summed E-state index contributed by atoms with van der Waals surface area (Å²) in [5, 5.41) is 36.0. The van der Waals surface area contributed by atoms with Crippen molar-refractivity contribution in [1.82, 2.24) is 0 Å². The van der Waals surface area contributed by atoms with Gasteiger partial charge in [0.1, 0.15) is 23.4 Å². The molecule has 41 heavy (non-hydrogen) atoms. The fourth-order valence-electron chi connectivity index (χ4n) is 10.8. The molecule has 6 aliphatic heterocycles. The van der Waals surface area contributed by atoms with E-state index in [0.717, 1.165) is 0 Å². The molecule has 3 N–H and O–H groups in total. The molecule has 8 fully saturated rings. The number of hydrogen-bond acceptors (Lipinski definition) is 12. The van der Waals surface area contributed by atoms with Crippen LogP contribution in [-0.2, 0) is 42.9 Å². The lowest BCUT2D eigenvalue weighted by molar-refractivity contribution is -0.370. The maximum Gasteiger partial charge on any atom is 0.311 e. The predicted octanol–water partition coefficient (Wildman–Crippen LogP) is -0.288. The number of ether oxygens (including phenoxy) is 5. The molecule has 14 unspecified atom stereocenters. The van der Waals surface area contributed by atoms with Gasteiger partial charge in [-0.3, -0.25) is 19.2 Å². The molecule has 224 valence electrons. The van der Waals surface area contributed by atoms with Crippen LogP contribution in [0.1, 0.15) is 66.7 Å². The van der Waals surface area contributed by atoms with Gasteiger partial charge >= 0.3 is 11.9 Å². The summed E-state index contributed by atoms with van der Waals surface area (Å²) in [6, 6.07) is 0. The van der Waals surface area contributed by atoms with Crippen molar-refractivity contribution in [2.24, 2.45) is 29.1 Å². The largest absolute Gasteiger partial charge is 0.456 e. The van der Waals surface area contributed by atoms with Crippen molar-refractivity contribution in [3.05, 3.63) is 0 Å². The quantitative estimate of drug-likeness (QED) is 0.322. The van der Waals surface area contributed by atoms with Crippen molar-refractivity contribution in [3.8, 4) is 0 Å². The number of carbonyl (C=O) groups is 4. The second kappa shape index (κ2) is 7.05. The molecule has 2 aliphatic carbocycles.